The molecule has 2 saturated heterocycles. The molecule has 5 nitrogen and oxygen atoms in total. The summed E-state index contributed by atoms with van der Waals surface area (Å²) in [5, 5.41) is 0. The molecule has 6 heteroatoms. The van der Waals surface area contributed by atoms with Crippen LogP contribution in [0.25, 0.3) is 0 Å². The van der Waals surface area contributed by atoms with E-state index in [9.17, 15) is 0 Å². The zero-order valence-electron chi connectivity index (χ0n) is 12.8. The van der Waals surface area contributed by atoms with Crippen LogP contribution in [0.15, 0.2) is 0 Å². The number of ether oxygens (including phenoxy) is 1. The van der Waals surface area contributed by atoms with Crippen LogP contribution in [0.5, 0.6) is 0 Å². The average Bonchev–Trinajstić information content (AvgIpc) is 2.46. The van der Waals surface area contributed by atoms with E-state index in [-0.39, 0.29) is 5.54 Å². The van der Waals surface area contributed by atoms with Crippen molar-refractivity contribution < 1.29 is 4.74 Å². The zero-order valence-corrected chi connectivity index (χ0v) is 13.6. The SMILES string of the molecule is CC(C)(C(N)=S)N1CCN(CCN2CCOCC2)CC1. The lowest BCUT2D eigenvalue weighted by Crippen LogP contribution is -2.59. The molecule has 0 atom stereocenters. The highest BCUT2D eigenvalue weighted by molar-refractivity contribution is 7.80. The van der Waals surface area contributed by atoms with Crippen LogP contribution in [-0.4, -0.2) is 90.8 Å². The van der Waals surface area contributed by atoms with E-state index in [2.05, 4.69) is 28.5 Å². The number of nitrogens with zero attached hydrogens (tertiary/aromatic N) is 3. The molecule has 2 fully saturated rings. The molecule has 0 amide bonds. The van der Waals surface area contributed by atoms with Gasteiger partial charge in [-0.1, -0.05) is 12.2 Å². The summed E-state index contributed by atoms with van der Waals surface area (Å²) < 4.78 is 5.38. The molecule has 2 aliphatic heterocycles. The van der Waals surface area contributed by atoms with Crippen LogP contribution in [0, 0.1) is 0 Å². The van der Waals surface area contributed by atoms with Crippen LogP contribution in [-0.2, 0) is 4.74 Å². The van der Waals surface area contributed by atoms with E-state index < -0.39 is 0 Å². The first-order valence-electron chi connectivity index (χ1n) is 7.57. The second-order valence-corrected chi connectivity index (χ2v) is 6.65. The van der Waals surface area contributed by atoms with Gasteiger partial charge in [-0.15, -0.1) is 0 Å². The molecule has 0 aliphatic carbocycles. The summed E-state index contributed by atoms with van der Waals surface area (Å²) in [6.07, 6.45) is 0. The second kappa shape index (κ2) is 7.13. The summed E-state index contributed by atoms with van der Waals surface area (Å²) >= 11 is 5.18. The average molecular weight is 300 g/mol. The van der Waals surface area contributed by atoms with E-state index in [1.165, 1.54) is 0 Å². The van der Waals surface area contributed by atoms with Crippen LogP contribution >= 0.6 is 12.2 Å². The van der Waals surface area contributed by atoms with E-state index in [0.29, 0.717) is 4.99 Å². The van der Waals surface area contributed by atoms with Gasteiger partial charge >= 0.3 is 0 Å². The standard InChI is InChI=1S/C14H28N4OS/c1-14(2,13(15)20)18-7-5-16(6-8-18)3-4-17-9-11-19-12-10-17/h3-12H2,1-2H3,(H2,15,20). The van der Waals surface area contributed by atoms with Gasteiger partial charge in [0.15, 0.2) is 0 Å². The number of hydrogen-bond donors (Lipinski definition) is 1. The molecule has 2 heterocycles. The maximum Gasteiger partial charge on any atom is 0.0928 e. The predicted molar refractivity (Wildman–Crippen MR) is 86.1 cm³/mol. The Morgan fingerprint density at radius 2 is 1.50 bits per heavy atom. The number of thiocarbonyl (C=S) groups is 1. The van der Waals surface area contributed by atoms with Crippen molar-refractivity contribution in [1.82, 2.24) is 14.7 Å². The molecule has 0 unspecified atom stereocenters. The van der Waals surface area contributed by atoms with Gasteiger partial charge in [0, 0.05) is 52.4 Å². The molecule has 0 bridgehead atoms. The molecule has 0 aromatic carbocycles. The van der Waals surface area contributed by atoms with Crippen LogP contribution in [0.4, 0.5) is 0 Å². The summed E-state index contributed by atoms with van der Waals surface area (Å²) in [6.45, 7) is 14.8. The fourth-order valence-corrected chi connectivity index (χ4v) is 2.92. The smallest absolute Gasteiger partial charge is 0.0928 e. The van der Waals surface area contributed by atoms with Gasteiger partial charge in [-0.25, -0.2) is 0 Å². The van der Waals surface area contributed by atoms with Gasteiger partial charge in [0.25, 0.3) is 0 Å². The minimum atomic E-state index is -0.161. The highest BCUT2D eigenvalue weighted by Gasteiger charge is 2.32. The minimum absolute atomic E-state index is 0.161. The first-order chi connectivity index (χ1) is 9.50. The van der Waals surface area contributed by atoms with Crippen molar-refractivity contribution in [3.8, 4) is 0 Å². The Hall–Kier alpha value is -0.270. The number of morpholine rings is 1. The Balaban J connectivity index is 1.70. The molecule has 2 N–H and O–H groups in total. The van der Waals surface area contributed by atoms with Crippen LogP contribution < -0.4 is 5.73 Å². The summed E-state index contributed by atoms with van der Waals surface area (Å²) in [5.41, 5.74) is 5.69. The Morgan fingerprint density at radius 1 is 1.00 bits per heavy atom. The highest BCUT2D eigenvalue weighted by Crippen LogP contribution is 2.17. The van der Waals surface area contributed by atoms with Crippen molar-refractivity contribution in [3.05, 3.63) is 0 Å². The lowest BCUT2D eigenvalue weighted by atomic mass is 10.0. The van der Waals surface area contributed by atoms with Crippen LogP contribution in [0.3, 0.4) is 0 Å². The fourth-order valence-electron chi connectivity index (χ4n) is 2.79. The number of rotatable bonds is 5. The normalized spacial score (nSPS) is 23.9. The number of hydrogen-bond acceptors (Lipinski definition) is 5. The van der Waals surface area contributed by atoms with Crippen molar-refractivity contribution in [2.45, 2.75) is 19.4 Å². The van der Waals surface area contributed by atoms with Crippen molar-refractivity contribution >= 4 is 17.2 Å². The summed E-state index contributed by atoms with van der Waals surface area (Å²) in [6, 6.07) is 0. The van der Waals surface area contributed by atoms with Gasteiger partial charge in [-0.2, -0.15) is 0 Å². The molecule has 2 aliphatic rings. The lowest BCUT2D eigenvalue weighted by molar-refractivity contribution is 0.0269. The molecule has 0 aromatic heterocycles. The van der Waals surface area contributed by atoms with Crippen LogP contribution in [0.1, 0.15) is 13.8 Å². The molecule has 116 valence electrons. The molecule has 0 radical (unpaired) electrons. The lowest BCUT2D eigenvalue weighted by Gasteiger charge is -2.43. The fraction of sp³-hybridized carbons (Fsp3) is 0.929. The van der Waals surface area contributed by atoms with E-state index in [1.807, 2.05) is 0 Å². The molecule has 0 aromatic rings. The van der Waals surface area contributed by atoms with Gasteiger partial charge in [-0.3, -0.25) is 14.7 Å². The second-order valence-electron chi connectivity index (χ2n) is 6.21. The third-order valence-electron chi connectivity index (χ3n) is 4.60. The number of piperazine rings is 1. The van der Waals surface area contributed by atoms with Gasteiger partial charge in [0.2, 0.25) is 0 Å². The summed E-state index contributed by atoms with van der Waals surface area (Å²) in [5.74, 6) is 0. The van der Waals surface area contributed by atoms with Gasteiger partial charge in [-0.05, 0) is 13.8 Å². The Morgan fingerprint density at radius 3 is 2.00 bits per heavy atom. The Labute approximate surface area is 128 Å². The van der Waals surface area contributed by atoms with Crippen molar-refractivity contribution in [1.29, 1.82) is 0 Å². The quantitative estimate of drug-likeness (QED) is 0.721. The molecule has 20 heavy (non-hydrogen) atoms. The minimum Gasteiger partial charge on any atom is -0.392 e. The summed E-state index contributed by atoms with van der Waals surface area (Å²) in [4.78, 5) is 8.04. The van der Waals surface area contributed by atoms with Crippen molar-refractivity contribution in [2.24, 2.45) is 5.73 Å². The third kappa shape index (κ3) is 4.11. The maximum atomic E-state index is 5.85. The van der Waals surface area contributed by atoms with E-state index in [0.717, 1.165) is 65.6 Å². The van der Waals surface area contributed by atoms with Crippen molar-refractivity contribution in [3.63, 3.8) is 0 Å². The first kappa shape index (κ1) is 16.1. The monoisotopic (exact) mass is 300 g/mol. The Bertz CT molecular complexity index is 323. The molecule has 2 rings (SSSR count). The zero-order chi connectivity index (χ0) is 14.6. The summed E-state index contributed by atoms with van der Waals surface area (Å²) in [7, 11) is 0. The third-order valence-corrected chi connectivity index (χ3v) is 5.10. The maximum absolute atomic E-state index is 5.85. The number of nitrogens with two attached hydrogens (primary N) is 1. The molecule has 0 spiro atoms. The first-order valence-corrected chi connectivity index (χ1v) is 7.98. The molecular weight excluding hydrogens is 272 g/mol. The topological polar surface area (TPSA) is 45.0 Å². The molecular formula is C14H28N4OS. The van der Waals surface area contributed by atoms with Gasteiger partial charge in [0.1, 0.15) is 0 Å². The van der Waals surface area contributed by atoms with E-state index in [4.69, 9.17) is 22.7 Å². The highest BCUT2D eigenvalue weighted by atomic mass is 32.1. The van der Waals surface area contributed by atoms with Crippen molar-refractivity contribution in [2.75, 3.05) is 65.6 Å². The largest absolute Gasteiger partial charge is 0.392 e. The predicted octanol–water partition coefficient (Wildman–Crippen LogP) is 0.000900. The van der Waals surface area contributed by atoms with Crippen LogP contribution in [0.2, 0.25) is 0 Å². The van der Waals surface area contributed by atoms with Gasteiger partial charge < -0.3 is 10.5 Å². The Kier molecular flexibility index (Phi) is 5.74. The van der Waals surface area contributed by atoms with E-state index in [1.54, 1.807) is 0 Å². The van der Waals surface area contributed by atoms with E-state index >= 15 is 0 Å². The molecule has 0 saturated carbocycles. The van der Waals surface area contributed by atoms with Gasteiger partial charge in [0.05, 0.1) is 23.7 Å².